The smallest absolute Gasteiger partial charge is 0.355 e. The molecule has 1 aromatic rings. The number of anilines is 1. The first-order chi connectivity index (χ1) is 11.9. The number of allylic oxidation sites excluding steroid dienone is 2. The van der Waals surface area contributed by atoms with Gasteiger partial charge >= 0.3 is 17.6 Å². The van der Waals surface area contributed by atoms with Gasteiger partial charge in [-0.2, -0.15) is 4.39 Å². The molecule has 0 bridgehead atoms. The number of carbonyl (C=O) groups excluding carboxylic acids is 2. The fourth-order valence-corrected chi connectivity index (χ4v) is 2.16. The van der Waals surface area contributed by atoms with Crippen LogP contribution >= 0.6 is 0 Å². The quantitative estimate of drug-likeness (QED) is 0.467. The Balaban J connectivity index is 2.69. The van der Waals surface area contributed by atoms with Crippen molar-refractivity contribution >= 4 is 23.3 Å². The topological polar surface area (TPSA) is 99.0 Å². The Morgan fingerprint density at radius 3 is 2.44 bits per heavy atom. The molecule has 130 valence electrons. The molecule has 8 nitrogen and oxygen atoms in total. The summed E-state index contributed by atoms with van der Waals surface area (Å²) in [6.07, 6.45) is 5.70. The maximum absolute atomic E-state index is 13.6. The molecule has 0 fully saturated rings. The lowest BCUT2D eigenvalue weighted by molar-refractivity contribution is -0.387. The van der Waals surface area contributed by atoms with Crippen molar-refractivity contribution in [2.75, 3.05) is 19.1 Å². The van der Waals surface area contributed by atoms with Gasteiger partial charge in [-0.1, -0.05) is 6.08 Å². The van der Waals surface area contributed by atoms with Crippen LogP contribution in [0.25, 0.3) is 0 Å². The van der Waals surface area contributed by atoms with Crippen LogP contribution in [0.2, 0.25) is 0 Å². The molecule has 0 unspecified atom stereocenters. The van der Waals surface area contributed by atoms with E-state index in [2.05, 4.69) is 4.74 Å². The molecule has 9 heteroatoms. The highest BCUT2D eigenvalue weighted by Gasteiger charge is 2.28. The molecule has 1 aromatic carbocycles. The largest absolute Gasteiger partial charge is 0.465 e. The lowest BCUT2D eigenvalue weighted by Crippen LogP contribution is -2.27. The molecule has 2 rings (SSSR count). The van der Waals surface area contributed by atoms with E-state index in [0.717, 1.165) is 26.4 Å². The molecule has 0 radical (unpaired) electrons. The van der Waals surface area contributed by atoms with E-state index in [0.29, 0.717) is 0 Å². The molecule has 1 aliphatic heterocycles. The van der Waals surface area contributed by atoms with Crippen LogP contribution in [-0.2, 0) is 19.1 Å². The van der Waals surface area contributed by atoms with E-state index >= 15 is 0 Å². The Labute approximate surface area is 141 Å². The summed E-state index contributed by atoms with van der Waals surface area (Å²) in [5.41, 5.74) is -1.02. The number of hydrogen-bond acceptors (Lipinski definition) is 7. The molecule has 25 heavy (non-hydrogen) atoms. The number of nitro benzene ring substituents is 1. The number of benzene rings is 1. The average Bonchev–Trinajstić information content (AvgIpc) is 2.83. The Morgan fingerprint density at radius 2 is 1.84 bits per heavy atom. The predicted molar refractivity (Wildman–Crippen MR) is 84.9 cm³/mol. The fourth-order valence-electron chi connectivity index (χ4n) is 2.16. The van der Waals surface area contributed by atoms with Gasteiger partial charge in [-0.3, -0.25) is 10.1 Å². The van der Waals surface area contributed by atoms with Gasteiger partial charge in [0.25, 0.3) is 0 Å². The molecule has 0 atom stereocenters. The van der Waals surface area contributed by atoms with E-state index in [-0.39, 0.29) is 17.0 Å². The van der Waals surface area contributed by atoms with Crippen LogP contribution in [0, 0.1) is 15.9 Å². The van der Waals surface area contributed by atoms with Crippen LogP contribution in [0.4, 0.5) is 15.8 Å². The molecule has 0 saturated heterocycles. The highest BCUT2D eigenvalue weighted by molar-refractivity contribution is 6.05. The van der Waals surface area contributed by atoms with E-state index in [1.807, 2.05) is 0 Å². The van der Waals surface area contributed by atoms with Gasteiger partial charge in [0, 0.05) is 12.3 Å². The van der Waals surface area contributed by atoms with Crippen molar-refractivity contribution in [2.24, 2.45) is 0 Å². The number of nitro groups is 1. The Morgan fingerprint density at radius 1 is 1.16 bits per heavy atom. The minimum absolute atomic E-state index is 0.0925. The molecule has 0 spiro atoms. The normalized spacial score (nSPS) is 13.5. The number of methoxy groups -OCH3 is 2. The highest BCUT2D eigenvalue weighted by atomic mass is 19.1. The van der Waals surface area contributed by atoms with Crippen molar-refractivity contribution in [1.82, 2.24) is 0 Å². The summed E-state index contributed by atoms with van der Waals surface area (Å²) in [5.74, 6) is -2.70. The zero-order valence-electron chi connectivity index (χ0n) is 13.3. The lowest BCUT2D eigenvalue weighted by atomic mass is 10.1. The maximum Gasteiger partial charge on any atom is 0.355 e. The van der Waals surface area contributed by atoms with Gasteiger partial charge in [0.05, 0.1) is 30.4 Å². The molecule has 1 heterocycles. The van der Waals surface area contributed by atoms with Gasteiger partial charge in [0.15, 0.2) is 0 Å². The van der Waals surface area contributed by atoms with E-state index in [9.17, 15) is 24.1 Å². The molecular weight excluding hydrogens is 335 g/mol. The highest BCUT2D eigenvalue weighted by Crippen LogP contribution is 2.30. The van der Waals surface area contributed by atoms with Crippen molar-refractivity contribution in [2.45, 2.75) is 0 Å². The Hall–Kier alpha value is -3.49. The summed E-state index contributed by atoms with van der Waals surface area (Å²) in [6, 6.07) is 3.07. The van der Waals surface area contributed by atoms with Crippen LogP contribution in [-0.4, -0.2) is 31.1 Å². The van der Waals surface area contributed by atoms with Gasteiger partial charge in [-0.05, 0) is 24.3 Å². The van der Waals surface area contributed by atoms with E-state index < -0.39 is 28.4 Å². The van der Waals surface area contributed by atoms with Crippen molar-refractivity contribution in [3.8, 4) is 0 Å². The number of esters is 2. The monoisotopic (exact) mass is 348 g/mol. The molecule has 1 aliphatic rings. The minimum atomic E-state index is -1.03. The maximum atomic E-state index is 13.6. The molecular formula is C16H13FN2O6. The van der Waals surface area contributed by atoms with Crippen molar-refractivity contribution in [3.05, 3.63) is 69.8 Å². The number of rotatable bonds is 4. The summed E-state index contributed by atoms with van der Waals surface area (Å²) in [5, 5.41) is 11.0. The first kappa shape index (κ1) is 17.9. The zero-order valence-corrected chi connectivity index (χ0v) is 13.3. The second-order valence-corrected chi connectivity index (χ2v) is 4.71. The Bertz CT molecular complexity index is 828. The summed E-state index contributed by atoms with van der Waals surface area (Å²) >= 11 is 0. The third-order valence-corrected chi connectivity index (χ3v) is 3.29. The molecule has 0 saturated carbocycles. The Kier molecular flexibility index (Phi) is 5.28. The standard InChI is InChI=1S/C16H13FN2O6/c1-24-15(20)11-5-3-4-8-18(14(11)16(21)25-2)10-6-7-12(17)13(9-10)19(22)23/h3-9H,1-2H3. The van der Waals surface area contributed by atoms with Gasteiger partial charge in [0.1, 0.15) is 5.70 Å². The first-order valence-corrected chi connectivity index (χ1v) is 6.89. The number of hydrogen-bond donors (Lipinski definition) is 0. The van der Waals surface area contributed by atoms with E-state index in [1.54, 1.807) is 0 Å². The predicted octanol–water partition coefficient (Wildman–Crippen LogP) is 2.22. The lowest BCUT2D eigenvalue weighted by Gasteiger charge is -2.22. The van der Waals surface area contributed by atoms with Gasteiger partial charge in [-0.15, -0.1) is 0 Å². The SMILES string of the molecule is COC(=O)C1=C(C(=O)OC)N(c2ccc(F)c([N+](=O)[O-])c2)C=CC=C1. The summed E-state index contributed by atoms with van der Waals surface area (Å²) < 4.78 is 22.9. The second kappa shape index (κ2) is 7.39. The van der Waals surface area contributed by atoms with Crippen molar-refractivity contribution in [1.29, 1.82) is 0 Å². The summed E-state index contributed by atoms with van der Waals surface area (Å²) in [7, 11) is 2.26. The van der Waals surface area contributed by atoms with Crippen molar-refractivity contribution < 1.29 is 28.4 Å². The molecule has 0 amide bonds. The fraction of sp³-hybridized carbons (Fsp3) is 0.125. The van der Waals surface area contributed by atoms with E-state index in [1.165, 1.54) is 35.4 Å². The van der Waals surface area contributed by atoms with Crippen LogP contribution in [0.1, 0.15) is 0 Å². The van der Waals surface area contributed by atoms with Gasteiger partial charge < -0.3 is 14.4 Å². The third kappa shape index (κ3) is 3.55. The number of carbonyl (C=O) groups is 2. The number of ether oxygens (including phenoxy) is 2. The average molecular weight is 348 g/mol. The van der Waals surface area contributed by atoms with Crippen LogP contribution in [0.3, 0.4) is 0 Å². The number of nitrogens with zero attached hydrogens (tertiary/aromatic N) is 2. The van der Waals surface area contributed by atoms with Crippen LogP contribution in [0.15, 0.2) is 53.9 Å². The van der Waals surface area contributed by atoms with Crippen LogP contribution < -0.4 is 4.90 Å². The zero-order chi connectivity index (χ0) is 18.6. The van der Waals surface area contributed by atoms with Gasteiger partial charge in [-0.25, -0.2) is 9.59 Å². The summed E-state index contributed by atoms with van der Waals surface area (Å²) in [4.78, 5) is 35.5. The molecule has 0 N–H and O–H groups in total. The van der Waals surface area contributed by atoms with Crippen LogP contribution in [0.5, 0.6) is 0 Å². The van der Waals surface area contributed by atoms with Gasteiger partial charge in [0.2, 0.25) is 5.82 Å². The number of halogens is 1. The molecule has 0 aliphatic carbocycles. The van der Waals surface area contributed by atoms with E-state index in [4.69, 9.17) is 4.74 Å². The second-order valence-electron chi connectivity index (χ2n) is 4.71. The molecule has 0 aromatic heterocycles. The van der Waals surface area contributed by atoms with Crippen molar-refractivity contribution in [3.63, 3.8) is 0 Å². The summed E-state index contributed by atoms with van der Waals surface area (Å²) in [6.45, 7) is 0. The third-order valence-electron chi connectivity index (χ3n) is 3.29. The first-order valence-electron chi connectivity index (χ1n) is 6.89. The minimum Gasteiger partial charge on any atom is -0.465 e.